The van der Waals surface area contributed by atoms with Gasteiger partial charge in [-0.3, -0.25) is 0 Å². The van der Waals surface area contributed by atoms with Crippen LogP contribution in [0.3, 0.4) is 0 Å². The molecule has 0 amide bonds. The number of halogens is 7. The van der Waals surface area contributed by atoms with Crippen LogP contribution >= 0.6 is 11.6 Å². The highest BCUT2D eigenvalue weighted by molar-refractivity contribution is 6.16. The first-order valence-electron chi connectivity index (χ1n) is 4.23. The van der Waals surface area contributed by atoms with E-state index in [1.165, 1.54) is 0 Å². The van der Waals surface area contributed by atoms with Crippen LogP contribution in [0.4, 0.5) is 26.3 Å². The Morgan fingerprint density at radius 2 is 1.76 bits per heavy atom. The molecule has 0 saturated carbocycles. The maximum Gasteiger partial charge on any atom is 0.434 e. The number of hydrogen-bond acceptors (Lipinski definition) is 2. The lowest BCUT2D eigenvalue weighted by Gasteiger charge is -2.19. The minimum absolute atomic E-state index is 0.211. The van der Waals surface area contributed by atoms with Crippen LogP contribution in [0.2, 0.25) is 0 Å². The highest BCUT2D eigenvalue weighted by atomic mass is 35.5. The highest BCUT2D eigenvalue weighted by Crippen LogP contribution is 2.37. The van der Waals surface area contributed by atoms with Gasteiger partial charge in [-0.15, -0.1) is 16.7 Å². The molecule has 1 atom stereocenters. The molecular formula is C7H6ClF6N3. The minimum atomic E-state index is -4.99. The Kier molecular flexibility index (Phi) is 3.60. The van der Waals surface area contributed by atoms with E-state index in [1.54, 1.807) is 0 Å². The zero-order chi connectivity index (χ0) is 13.4. The zero-order valence-corrected chi connectivity index (χ0v) is 9.03. The van der Waals surface area contributed by atoms with Crippen molar-refractivity contribution in [2.75, 3.05) is 0 Å². The van der Waals surface area contributed by atoms with Gasteiger partial charge in [0.1, 0.15) is 11.7 Å². The number of hydrogen-bond donors (Lipinski definition) is 0. The fourth-order valence-corrected chi connectivity index (χ4v) is 1.30. The molecule has 1 heterocycles. The largest absolute Gasteiger partial charge is 0.434 e. The Labute approximate surface area is 96.3 Å². The van der Waals surface area contributed by atoms with Crippen LogP contribution in [-0.4, -0.2) is 21.2 Å². The standard InChI is InChI=1S/C7H6ClF6N3/c1-3(6(9,10)11)17-5(7(12,13)14)4(2-8)15-16-17/h3H,2H2,1H3. The van der Waals surface area contributed by atoms with E-state index in [0.29, 0.717) is 6.92 Å². The summed E-state index contributed by atoms with van der Waals surface area (Å²) in [4.78, 5) is 0. The summed E-state index contributed by atoms with van der Waals surface area (Å²) in [6.07, 6.45) is -9.84. The fourth-order valence-electron chi connectivity index (χ4n) is 1.12. The van der Waals surface area contributed by atoms with Gasteiger partial charge in [0.25, 0.3) is 0 Å². The summed E-state index contributed by atoms with van der Waals surface area (Å²) in [5, 5.41) is 5.86. The van der Waals surface area contributed by atoms with E-state index in [9.17, 15) is 26.3 Å². The smallest absolute Gasteiger partial charge is 0.228 e. The van der Waals surface area contributed by atoms with Gasteiger partial charge in [0.15, 0.2) is 5.69 Å². The monoisotopic (exact) mass is 281 g/mol. The van der Waals surface area contributed by atoms with Crippen molar-refractivity contribution in [2.24, 2.45) is 0 Å². The van der Waals surface area contributed by atoms with E-state index in [1.807, 2.05) is 0 Å². The van der Waals surface area contributed by atoms with Gasteiger partial charge < -0.3 is 0 Å². The van der Waals surface area contributed by atoms with E-state index in [0.717, 1.165) is 0 Å². The van der Waals surface area contributed by atoms with Gasteiger partial charge in [0.2, 0.25) is 0 Å². The molecule has 98 valence electrons. The van der Waals surface area contributed by atoms with Gasteiger partial charge in [0, 0.05) is 0 Å². The average molecular weight is 282 g/mol. The van der Waals surface area contributed by atoms with Crippen molar-refractivity contribution in [1.29, 1.82) is 0 Å². The summed E-state index contributed by atoms with van der Waals surface area (Å²) in [6.45, 7) is 0.557. The molecule has 0 aromatic carbocycles. The number of rotatable bonds is 2. The first kappa shape index (κ1) is 14.1. The van der Waals surface area contributed by atoms with Gasteiger partial charge >= 0.3 is 12.4 Å². The quantitative estimate of drug-likeness (QED) is 0.616. The third-order valence-corrected chi connectivity index (χ3v) is 2.25. The summed E-state index contributed by atoms with van der Waals surface area (Å²) in [7, 11) is 0. The first-order valence-corrected chi connectivity index (χ1v) is 4.76. The highest BCUT2D eigenvalue weighted by Gasteiger charge is 2.46. The fraction of sp³-hybridized carbons (Fsp3) is 0.714. The lowest BCUT2D eigenvalue weighted by atomic mass is 10.2. The number of aromatic nitrogens is 3. The molecule has 0 N–H and O–H groups in total. The van der Waals surface area contributed by atoms with Gasteiger partial charge in [-0.1, -0.05) is 5.21 Å². The molecule has 0 aliphatic carbocycles. The van der Waals surface area contributed by atoms with E-state index in [-0.39, 0.29) is 4.68 Å². The van der Waals surface area contributed by atoms with Gasteiger partial charge in [-0.2, -0.15) is 26.3 Å². The molecule has 1 unspecified atom stereocenters. The molecule has 0 aliphatic heterocycles. The van der Waals surface area contributed by atoms with E-state index < -0.39 is 35.7 Å². The van der Waals surface area contributed by atoms with E-state index in [2.05, 4.69) is 10.3 Å². The molecule has 0 radical (unpaired) electrons. The Morgan fingerprint density at radius 1 is 1.24 bits per heavy atom. The minimum Gasteiger partial charge on any atom is -0.228 e. The van der Waals surface area contributed by atoms with Crippen molar-refractivity contribution in [3.05, 3.63) is 11.4 Å². The summed E-state index contributed by atoms with van der Waals surface area (Å²) in [5.74, 6) is -0.667. The van der Waals surface area contributed by atoms with Crippen LogP contribution in [0.15, 0.2) is 0 Å². The Morgan fingerprint density at radius 3 is 2.12 bits per heavy atom. The lowest BCUT2D eigenvalue weighted by molar-refractivity contribution is -0.177. The predicted molar refractivity (Wildman–Crippen MR) is 45.3 cm³/mol. The zero-order valence-electron chi connectivity index (χ0n) is 8.27. The van der Waals surface area contributed by atoms with Crippen molar-refractivity contribution in [3.8, 4) is 0 Å². The molecule has 17 heavy (non-hydrogen) atoms. The lowest BCUT2D eigenvalue weighted by Crippen LogP contribution is -2.29. The van der Waals surface area contributed by atoms with Crippen LogP contribution in [0.5, 0.6) is 0 Å². The van der Waals surface area contributed by atoms with Crippen LogP contribution in [0.1, 0.15) is 24.4 Å². The molecule has 0 aliphatic rings. The molecule has 0 fully saturated rings. The third kappa shape index (κ3) is 2.82. The molecule has 10 heteroatoms. The molecule has 3 nitrogen and oxygen atoms in total. The molecular weight excluding hydrogens is 276 g/mol. The van der Waals surface area contributed by atoms with Gasteiger partial charge in [0.05, 0.1) is 5.88 Å². The summed E-state index contributed by atoms with van der Waals surface area (Å²) in [5.41, 5.74) is -2.30. The predicted octanol–water partition coefficient (Wildman–Crippen LogP) is 3.16. The van der Waals surface area contributed by atoms with Crippen molar-refractivity contribution in [3.63, 3.8) is 0 Å². The van der Waals surface area contributed by atoms with Crippen LogP contribution in [0.25, 0.3) is 0 Å². The normalized spacial score (nSPS) is 15.1. The average Bonchev–Trinajstić information content (AvgIpc) is 2.57. The Balaban J connectivity index is 3.31. The van der Waals surface area contributed by atoms with Crippen molar-refractivity contribution < 1.29 is 26.3 Å². The molecule has 0 saturated heterocycles. The summed E-state index contributed by atoms with van der Waals surface area (Å²) in [6, 6.07) is -2.43. The SMILES string of the molecule is CC(n1nnc(CCl)c1C(F)(F)F)C(F)(F)F. The van der Waals surface area contributed by atoms with Gasteiger partial charge in [-0.25, -0.2) is 4.68 Å². The van der Waals surface area contributed by atoms with Crippen molar-refractivity contribution in [2.45, 2.75) is 31.2 Å². The van der Waals surface area contributed by atoms with Crippen LogP contribution in [-0.2, 0) is 12.1 Å². The Bertz CT molecular complexity index is 395. The van der Waals surface area contributed by atoms with E-state index in [4.69, 9.17) is 11.6 Å². The van der Waals surface area contributed by atoms with Crippen molar-refractivity contribution >= 4 is 11.6 Å². The summed E-state index contributed by atoms with van der Waals surface area (Å²) >= 11 is 5.17. The molecule has 1 aromatic heterocycles. The second-order valence-corrected chi connectivity index (χ2v) is 3.45. The molecule has 1 aromatic rings. The first-order chi connectivity index (χ1) is 7.59. The number of nitrogens with zero attached hydrogens (tertiary/aromatic N) is 3. The van der Waals surface area contributed by atoms with Gasteiger partial charge in [-0.05, 0) is 6.92 Å². The maximum absolute atomic E-state index is 12.6. The Hall–Kier alpha value is -0.990. The molecule has 1 rings (SSSR count). The van der Waals surface area contributed by atoms with Crippen LogP contribution in [0, 0.1) is 0 Å². The summed E-state index contributed by atoms with van der Waals surface area (Å²) < 4.78 is 74.4. The maximum atomic E-state index is 12.6. The molecule has 0 spiro atoms. The molecule has 0 bridgehead atoms. The van der Waals surface area contributed by atoms with E-state index >= 15 is 0 Å². The third-order valence-electron chi connectivity index (χ3n) is 2.00. The second-order valence-electron chi connectivity index (χ2n) is 3.18. The number of alkyl halides is 7. The van der Waals surface area contributed by atoms with Crippen molar-refractivity contribution in [1.82, 2.24) is 15.0 Å². The second kappa shape index (κ2) is 4.35. The topological polar surface area (TPSA) is 30.7 Å². The van der Waals surface area contributed by atoms with Crippen LogP contribution < -0.4 is 0 Å².